The van der Waals surface area contributed by atoms with Gasteiger partial charge in [-0.2, -0.15) is 0 Å². The molecule has 0 saturated carbocycles. The first kappa shape index (κ1) is 11.7. The lowest BCUT2D eigenvalue weighted by atomic mass is 10.2. The minimum atomic E-state index is -0.162. The number of amides is 1. The van der Waals surface area contributed by atoms with Crippen LogP contribution in [0.15, 0.2) is 24.3 Å². The van der Waals surface area contributed by atoms with Crippen molar-refractivity contribution in [3.63, 3.8) is 0 Å². The predicted octanol–water partition coefficient (Wildman–Crippen LogP) is 3.54. The van der Waals surface area contributed by atoms with E-state index < -0.39 is 0 Å². The Labute approximate surface area is 114 Å². The average Bonchev–Trinajstić information content (AvgIpc) is 2.89. The number of fused-ring (bicyclic) bond motifs is 1. The molecular weight excluding hydrogens is 268 g/mol. The zero-order chi connectivity index (χ0) is 12.5. The van der Waals surface area contributed by atoms with Crippen LogP contribution in [-0.4, -0.2) is 10.9 Å². The Morgan fingerprint density at radius 3 is 3.06 bits per heavy atom. The lowest BCUT2D eigenvalue weighted by Crippen LogP contribution is -2.11. The third-order valence-electron chi connectivity index (χ3n) is 2.90. The second-order valence-corrected chi connectivity index (χ2v) is 5.73. The van der Waals surface area contributed by atoms with Crippen molar-refractivity contribution in [1.29, 1.82) is 0 Å². The molecule has 0 atom stereocenters. The van der Waals surface area contributed by atoms with E-state index in [9.17, 15) is 4.79 Å². The van der Waals surface area contributed by atoms with Gasteiger partial charge >= 0.3 is 0 Å². The summed E-state index contributed by atoms with van der Waals surface area (Å²) in [6.45, 7) is 0. The Balaban J connectivity index is 1.78. The monoisotopic (exact) mass is 278 g/mol. The van der Waals surface area contributed by atoms with Crippen molar-refractivity contribution < 1.29 is 4.79 Å². The fourth-order valence-electron chi connectivity index (χ4n) is 2.04. The minimum absolute atomic E-state index is 0.162. The summed E-state index contributed by atoms with van der Waals surface area (Å²) in [5.74, 6) is -0.162. The summed E-state index contributed by atoms with van der Waals surface area (Å²) in [6, 6.07) is 6.90. The van der Waals surface area contributed by atoms with Crippen LogP contribution in [0.5, 0.6) is 0 Å². The number of rotatable bonds is 2. The van der Waals surface area contributed by atoms with Crippen LogP contribution >= 0.6 is 22.9 Å². The molecule has 3 nitrogen and oxygen atoms in total. The normalized spacial score (nSPS) is 13.4. The number of halogens is 1. The molecule has 18 heavy (non-hydrogen) atoms. The number of nitrogens with zero attached hydrogens (tertiary/aromatic N) is 1. The molecule has 1 aromatic heterocycles. The van der Waals surface area contributed by atoms with Crippen LogP contribution in [0.2, 0.25) is 5.02 Å². The number of hydrogen-bond donors (Lipinski definition) is 1. The lowest BCUT2D eigenvalue weighted by Gasteiger charge is -2.02. The minimum Gasteiger partial charge on any atom is -0.298 e. The third-order valence-corrected chi connectivity index (χ3v) is 4.21. The number of benzene rings is 1. The highest BCUT2D eigenvalue weighted by Crippen LogP contribution is 2.30. The fraction of sp³-hybridized carbons (Fsp3) is 0.231. The number of hydrogen-bond acceptors (Lipinski definition) is 3. The first-order chi connectivity index (χ1) is 8.72. The van der Waals surface area contributed by atoms with Gasteiger partial charge in [-0.1, -0.05) is 17.7 Å². The SMILES string of the molecule is O=C(Nc1nc2c(s1)CCC2)c1cccc(Cl)c1. The van der Waals surface area contributed by atoms with Crippen molar-refractivity contribution in [3.8, 4) is 0 Å². The highest BCUT2D eigenvalue weighted by atomic mass is 35.5. The third kappa shape index (κ3) is 2.26. The average molecular weight is 279 g/mol. The van der Waals surface area contributed by atoms with Crippen LogP contribution in [0.4, 0.5) is 5.13 Å². The van der Waals surface area contributed by atoms with Gasteiger partial charge in [0.2, 0.25) is 0 Å². The van der Waals surface area contributed by atoms with Crippen molar-refractivity contribution in [2.45, 2.75) is 19.3 Å². The summed E-state index contributed by atoms with van der Waals surface area (Å²) in [7, 11) is 0. The molecule has 1 aromatic carbocycles. The van der Waals surface area contributed by atoms with E-state index in [4.69, 9.17) is 11.6 Å². The number of carbonyl (C=O) groups excluding carboxylic acids is 1. The van der Waals surface area contributed by atoms with Crippen molar-refractivity contribution in [2.24, 2.45) is 0 Å². The first-order valence-electron chi connectivity index (χ1n) is 5.78. The molecule has 1 N–H and O–H groups in total. The van der Waals surface area contributed by atoms with Gasteiger partial charge in [-0.3, -0.25) is 10.1 Å². The van der Waals surface area contributed by atoms with Crippen LogP contribution in [0.3, 0.4) is 0 Å². The maximum absolute atomic E-state index is 12.0. The molecule has 3 rings (SSSR count). The molecule has 2 aromatic rings. The molecule has 0 bridgehead atoms. The van der Waals surface area contributed by atoms with Crippen LogP contribution in [-0.2, 0) is 12.8 Å². The molecule has 0 unspecified atom stereocenters. The Hall–Kier alpha value is -1.39. The first-order valence-corrected chi connectivity index (χ1v) is 6.97. The second-order valence-electron chi connectivity index (χ2n) is 4.21. The summed E-state index contributed by atoms with van der Waals surface area (Å²) >= 11 is 7.43. The number of carbonyl (C=O) groups is 1. The van der Waals surface area contributed by atoms with Gasteiger partial charge in [0.15, 0.2) is 5.13 Å². The van der Waals surface area contributed by atoms with Gasteiger partial charge in [0.1, 0.15) is 0 Å². The van der Waals surface area contributed by atoms with Crippen LogP contribution < -0.4 is 5.32 Å². The standard InChI is InChI=1S/C13H11ClN2OS/c14-9-4-1-3-8(7-9)12(17)16-13-15-10-5-2-6-11(10)18-13/h1,3-4,7H,2,5-6H2,(H,15,16,17). The smallest absolute Gasteiger partial charge is 0.257 e. The quantitative estimate of drug-likeness (QED) is 0.913. The number of aryl methyl sites for hydroxylation is 2. The fourth-order valence-corrected chi connectivity index (χ4v) is 3.28. The Bertz CT molecular complexity index is 587. The van der Waals surface area contributed by atoms with E-state index in [-0.39, 0.29) is 5.91 Å². The molecule has 0 spiro atoms. The van der Waals surface area contributed by atoms with E-state index in [2.05, 4.69) is 10.3 Å². The van der Waals surface area contributed by atoms with Gasteiger partial charge in [-0.25, -0.2) is 4.98 Å². The van der Waals surface area contributed by atoms with Crippen molar-refractivity contribution in [3.05, 3.63) is 45.4 Å². The molecule has 1 amide bonds. The van der Waals surface area contributed by atoms with Crippen molar-refractivity contribution >= 4 is 34.0 Å². The van der Waals surface area contributed by atoms with Crippen LogP contribution in [0.25, 0.3) is 0 Å². The highest BCUT2D eigenvalue weighted by molar-refractivity contribution is 7.16. The summed E-state index contributed by atoms with van der Waals surface area (Å²) in [5.41, 5.74) is 1.69. The molecule has 1 aliphatic rings. The van der Waals surface area contributed by atoms with E-state index in [1.165, 1.54) is 11.3 Å². The van der Waals surface area contributed by atoms with E-state index in [1.807, 2.05) is 0 Å². The summed E-state index contributed by atoms with van der Waals surface area (Å²) in [6.07, 6.45) is 3.29. The zero-order valence-electron chi connectivity index (χ0n) is 9.57. The lowest BCUT2D eigenvalue weighted by molar-refractivity contribution is 0.102. The van der Waals surface area contributed by atoms with Crippen molar-refractivity contribution in [2.75, 3.05) is 5.32 Å². The van der Waals surface area contributed by atoms with E-state index >= 15 is 0 Å². The second kappa shape index (κ2) is 4.71. The summed E-state index contributed by atoms with van der Waals surface area (Å²) in [4.78, 5) is 17.7. The predicted molar refractivity (Wildman–Crippen MR) is 73.5 cm³/mol. The molecule has 0 saturated heterocycles. The van der Waals surface area contributed by atoms with Gasteiger partial charge in [0.05, 0.1) is 5.69 Å². The Morgan fingerprint density at radius 1 is 1.39 bits per heavy atom. The van der Waals surface area contributed by atoms with Gasteiger partial charge in [-0.15, -0.1) is 11.3 Å². The molecular formula is C13H11ClN2OS. The van der Waals surface area contributed by atoms with Gasteiger partial charge in [-0.05, 0) is 37.5 Å². The molecule has 0 aliphatic heterocycles. The molecule has 0 radical (unpaired) electrons. The topological polar surface area (TPSA) is 42.0 Å². The largest absolute Gasteiger partial charge is 0.298 e. The van der Waals surface area contributed by atoms with Gasteiger partial charge in [0.25, 0.3) is 5.91 Å². The van der Waals surface area contributed by atoms with Gasteiger partial charge in [0, 0.05) is 15.5 Å². The molecule has 1 aliphatic carbocycles. The Morgan fingerprint density at radius 2 is 2.28 bits per heavy atom. The van der Waals surface area contributed by atoms with Crippen LogP contribution in [0, 0.1) is 0 Å². The molecule has 0 fully saturated rings. The number of aromatic nitrogens is 1. The molecule has 5 heteroatoms. The van der Waals surface area contributed by atoms with E-state index in [0.717, 1.165) is 18.5 Å². The summed E-state index contributed by atoms with van der Waals surface area (Å²) in [5, 5.41) is 4.07. The zero-order valence-corrected chi connectivity index (χ0v) is 11.1. The summed E-state index contributed by atoms with van der Waals surface area (Å²) < 4.78 is 0. The van der Waals surface area contributed by atoms with E-state index in [1.54, 1.807) is 35.6 Å². The maximum Gasteiger partial charge on any atom is 0.257 e. The Kier molecular flexibility index (Phi) is 3.06. The molecule has 1 heterocycles. The van der Waals surface area contributed by atoms with Gasteiger partial charge < -0.3 is 0 Å². The molecule has 92 valence electrons. The highest BCUT2D eigenvalue weighted by Gasteiger charge is 2.18. The van der Waals surface area contributed by atoms with Crippen molar-refractivity contribution in [1.82, 2.24) is 4.98 Å². The van der Waals surface area contributed by atoms with E-state index in [0.29, 0.717) is 15.7 Å². The number of thiazole rings is 1. The van der Waals surface area contributed by atoms with Crippen LogP contribution in [0.1, 0.15) is 27.3 Å². The number of anilines is 1. The number of nitrogens with one attached hydrogen (secondary N) is 1. The maximum atomic E-state index is 12.0.